The van der Waals surface area contributed by atoms with Crippen LogP contribution in [0.5, 0.6) is 5.75 Å². The molecule has 1 saturated carbocycles. The van der Waals surface area contributed by atoms with Gasteiger partial charge >= 0.3 is 0 Å². The second kappa shape index (κ2) is 14.0. The molecule has 1 aromatic rings. The van der Waals surface area contributed by atoms with Crippen LogP contribution in [0.1, 0.15) is 56.1 Å². The number of methoxy groups -OCH3 is 1. The van der Waals surface area contributed by atoms with Gasteiger partial charge in [-0.25, -0.2) is 8.42 Å². The Morgan fingerprint density at radius 3 is 2.27 bits per heavy atom. The Hall–Kier alpha value is -1.72. The summed E-state index contributed by atoms with van der Waals surface area (Å²) in [5.41, 5.74) is 1.28. The molecule has 0 aromatic heterocycles. The van der Waals surface area contributed by atoms with E-state index in [1.54, 1.807) is 40.1 Å². The van der Waals surface area contributed by atoms with Crippen molar-refractivity contribution in [1.82, 2.24) is 19.0 Å². The van der Waals surface area contributed by atoms with E-state index in [1.807, 2.05) is 11.9 Å². The fourth-order valence-corrected chi connectivity index (χ4v) is 8.39. The summed E-state index contributed by atoms with van der Waals surface area (Å²) >= 11 is 0. The number of likely N-dealkylation sites (N-methyl/N-ethyl adjacent to an activating group) is 2. The fourth-order valence-electron chi connectivity index (χ4n) is 6.83. The van der Waals surface area contributed by atoms with Crippen LogP contribution in [0.3, 0.4) is 0 Å². The summed E-state index contributed by atoms with van der Waals surface area (Å²) in [6, 6.07) is 4.47. The maximum atomic E-state index is 13.2. The van der Waals surface area contributed by atoms with Gasteiger partial charge in [0.05, 0.1) is 18.6 Å². The molecular weight excluding hydrogens is 528 g/mol. The maximum Gasteiger partial charge on any atom is 0.248 e. The summed E-state index contributed by atoms with van der Waals surface area (Å²) in [4.78, 5) is 20.3. The molecule has 4 rings (SSSR count). The number of likely N-dealkylation sites (tertiary alicyclic amines) is 2. The van der Waals surface area contributed by atoms with Crippen molar-refractivity contribution < 1.29 is 22.7 Å². The normalized spacial score (nSPS) is 24.6. The van der Waals surface area contributed by atoms with Crippen LogP contribution in [-0.4, -0.2) is 119 Å². The van der Waals surface area contributed by atoms with Gasteiger partial charge in [0.25, 0.3) is 0 Å². The molecule has 2 saturated heterocycles. The summed E-state index contributed by atoms with van der Waals surface area (Å²) in [5.74, 6) is 1.32. The molecule has 3 aliphatic rings. The highest BCUT2D eigenvalue weighted by molar-refractivity contribution is 7.89. The van der Waals surface area contributed by atoms with E-state index in [0.29, 0.717) is 21.8 Å². The molecule has 10 heteroatoms. The Balaban J connectivity index is 1.15. The first-order valence-corrected chi connectivity index (χ1v) is 16.5. The maximum absolute atomic E-state index is 13.2. The summed E-state index contributed by atoms with van der Waals surface area (Å²) in [7, 11) is 1.30. The second-order valence-corrected chi connectivity index (χ2v) is 14.1. The van der Waals surface area contributed by atoms with Gasteiger partial charge in [0.1, 0.15) is 12.4 Å². The number of benzene rings is 1. The zero-order chi connectivity index (χ0) is 28.9. The minimum atomic E-state index is -3.68. The highest BCUT2D eigenvalue weighted by Gasteiger charge is 2.32. The van der Waals surface area contributed by atoms with E-state index in [9.17, 15) is 13.2 Å². The fraction of sp³-hybridized carbons (Fsp3) is 0.767. The van der Waals surface area contributed by atoms with E-state index >= 15 is 0 Å². The van der Waals surface area contributed by atoms with Gasteiger partial charge in [0.2, 0.25) is 15.9 Å². The van der Waals surface area contributed by atoms with Crippen LogP contribution in [0.2, 0.25) is 0 Å². The van der Waals surface area contributed by atoms with Crippen LogP contribution in [0.15, 0.2) is 17.0 Å². The molecule has 9 nitrogen and oxygen atoms in total. The third-order valence-electron chi connectivity index (χ3n) is 9.29. The van der Waals surface area contributed by atoms with Crippen molar-refractivity contribution in [2.75, 3.05) is 73.7 Å². The van der Waals surface area contributed by atoms with E-state index in [0.717, 1.165) is 24.8 Å². The van der Waals surface area contributed by atoms with Crippen molar-refractivity contribution in [2.45, 2.75) is 75.8 Å². The van der Waals surface area contributed by atoms with Gasteiger partial charge in [-0.1, -0.05) is 0 Å². The molecule has 0 spiro atoms. The minimum absolute atomic E-state index is 0.0312. The number of ether oxygens (including phenoxy) is 2. The first-order valence-electron chi connectivity index (χ1n) is 15.0. The number of amides is 1. The summed E-state index contributed by atoms with van der Waals surface area (Å²) in [6.45, 7) is 10.1. The lowest BCUT2D eigenvalue weighted by Gasteiger charge is -2.36. The van der Waals surface area contributed by atoms with Crippen LogP contribution in [0.25, 0.3) is 0 Å². The van der Waals surface area contributed by atoms with Crippen molar-refractivity contribution in [3.05, 3.63) is 23.3 Å². The van der Waals surface area contributed by atoms with Crippen LogP contribution < -0.4 is 4.74 Å². The van der Waals surface area contributed by atoms with E-state index in [2.05, 4.69) is 9.80 Å². The molecule has 2 aliphatic heterocycles. The van der Waals surface area contributed by atoms with Gasteiger partial charge in [-0.05, 0) is 108 Å². The SMILES string of the molecule is COc1cc(C)c(S(=O)(=O)N(C)CCOCC(=O)N(C)[C@H]2CC[C@@H](CN3CC[C@H](N4CCCC4)C3)CC2)c(C)c1. The molecule has 1 atom stereocenters. The third kappa shape index (κ3) is 7.56. The predicted octanol–water partition coefficient (Wildman–Crippen LogP) is 3.14. The summed E-state index contributed by atoms with van der Waals surface area (Å²) in [5, 5.41) is 0. The van der Waals surface area contributed by atoms with Gasteiger partial charge in [-0.15, -0.1) is 0 Å². The van der Waals surface area contributed by atoms with Gasteiger partial charge in [0, 0.05) is 45.8 Å². The van der Waals surface area contributed by atoms with Crippen molar-refractivity contribution in [3.63, 3.8) is 0 Å². The number of hydrogen-bond acceptors (Lipinski definition) is 7. The minimum Gasteiger partial charge on any atom is -0.497 e. The van der Waals surface area contributed by atoms with Crippen LogP contribution in [0.4, 0.5) is 0 Å². The highest BCUT2D eigenvalue weighted by atomic mass is 32.2. The van der Waals surface area contributed by atoms with Crippen molar-refractivity contribution in [2.24, 2.45) is 5.92 Å². The molecule has 1 aromatic carbocycles. The molecule has 3 fully saturated rings. The number of hydrogen-bond donors (Lipinski definition) is 0. The van der Waals surface area contributed by atoms with Gasteiger partial charge in [0.15, 0.2) is 0 Å². The standard InChI is InChI=1S/C30H50N4O5S/c1-23-18-28(38-5)19-24(2)30(23)40(36,37)31(3)16-17-39-22-29(35)32(4)26-10-8-25(9-11-26)20-33-15-12-27(21-33)34-13-6-7-14-34/h18-19,25-27H,6-17,20-22H2,1-5H3/t25-,26+,27-/m0/s1. The van der Waals surface area contributed by atoms with E-state index < -0.39 is 10.0 Å². The average molecular weight is 579 g/mol. The smallest absolute Gasteiger partial charge is 0.248 e. The van der Waals surface area contributed by atoms with Crippen LogP contribution in [-0.2, 0) is 19.6 Å². The third-order valence-corrected chi connectivity index (χ3v) is 11.5. The first-order chi connectivity index (χ1) is 19.1. The quantitative estimate of drug-likeness (QED) is 0.353. The number of rotatable bonds is 12. The van der Waals surface area contributed by atoms with Crippen molar-refractivity contribution in [1.29, 1.82) is 0 Å². The zero-order valence-electron chi connectivity index (χ0n) is 25.2. The molecular formula is C30H50N4O5S. The zero-order valence-corrected chi connectivity index (χ0v) is 26.0. The van der Waals surface area contributed by atoms with Gasteiger partial charge in [-0.3, -0.25) is 9.69 Å². The molecule has 0 bridgehead atoms. The number of sulfonamides is 1. The lowest BCUT2D eigenvalue weighted by molar-refractivity contribution is -0.137. The van der Waals surface area contributed by atoms with E-state index in [-0.39, 0.29) is 31.7 Å². The predicted molar refractivity (Wildman–Crippen MR) is 157 cm³/mol. The molecule has 0 unspecified atom stereocenters. The van der Waals surface area contributed by atoms with E-state index in [4.69, 9.17) is 9.47 Å². The number of carbonyl (C=O) groups excluding carboxylic acids is 1. The van der Waals surface area contributed by atoms with Gasteiger partial charge in [-0.2, -0.15) is 4.31 Å². The molecule has 2 heterocycles. The summed E-state index contributed by atoms with van der Waals surface area (Å²) < 4.78 is 38.5. The molecule has 0 radical (unpaired) electrons. The first kappa shape index (κ1) is 31.2. The number of aryl methyl sites for hydroxylation is 2. The summed E-state index contributed by atoms with van der Waals surface area (Å²) in [6.07, 6.45) is 8.45. The molecule has 0 N–H and O–H groups in total. The number of nitrogens with zero attached hydrogens (tertiary/aromatic N) is 4. The Morgan fingerprint density at radius 1 is 1.00 bits per heavy atom. The molecule has 40 heavy (non-hydrogen) atoms. The Morgan fingerprint density at radius 2 is 1.65 bits per heavy atom. The molecule has 1 amide bonds. The Kier molecular flexibility index (Phi) is 10.9. The van der Waals surface area contributed by atoms with Gasteiger partial charge < -0.3 is 19.3 Å². The lowest BCUT2D eigenvalue weighted by atomic mass is 9.85. The van der Waals surface area contributed by atoms with Crippen LogP contribution >= 0.6 is 0 Å². The largest absolute Gasteiger partial charge is 0.497 e. The number of carbonyl (C=O) groups is 1. The lowest BCUT2D eigenvalue weighted by Crippen LogP contribution is -2.43. The van der Waals surface area contributed by atoms with E-state index in [1.165, 1.54) is 69.1 Å². The molecule has 1 aliphatic carbocycles. The topological polar surface area (TPSA) is 82.6 Å². The average Bonchev–Trinajstić information content (AvgIpc) is 3.62. The molecule has 226 valence electrons. The monoisotopic (exact) mass is 578 g/mol. The van der Waals surface area contributed by atoms with Crippen molar-refractivity contribution >= 4 is 15.9 Å². The van der Waals surface area contributed by atoms with Crippen molar-refractivity contribution in [3.8, 4) is 5.75 Å². The highest BCUT2D eigenvalue weighted by Crippen LogP contribution is 2.30. The Bertz CT molecular complexity index is 1080. The second-order valence-electron chi connectivity index (χ2n) is 12.1. The Labute approximate surface area is 241 Å². The van der Waals surface area contributed by atoms with Crippen LogP contribution in [0, 0.1) is 19.8 Å².